The summed E-state index contributed by atoms with van der Waals surface area (Å²) in [4.78, 5) is 12.6. The molecule has 4 rings (SSSR count). The number of nitrogens with zero attached hydrogens (tertiary/aromatic N) is 8. The zero-order valence-electron chi connectivity index (χ0n) is 20.3. The van der Waals surface area contributed by atoms with E-state index in [9.17, 15) is 8.42 Å². The van der Waals surface area contributed by atoms with Crippen LogP contribution < -0.4 is 9.47 Å². The topological polar surface area (TPSA) is 140 Å². The highest BCUT2D eigenvalue weighted by Crippen LogP contribution is 2.35. The molecular weight excluding hydrogens is 508 g/mol. The average molecular weight is 533 g/mol. The van der Waals surface area contributed by atoms with Gasteiger partial charge in [0.2, 0.25) is 5.88 Å². The summed E-state index contributed by atoms with van der Waals surface area (Å²) in [6, 6.07) is 3.39. The van der Waals surface area contributed by atoms with Crippen molar-refractivity contribution in [3.05, 3.63) is 53.6 Å². The fourth-order valence-corrected chi connectivity index (χ4v) is 5.32. The standard InChI is InChI=1S/C22H25ClN8O4S/c1-13(20-25-10-15(23)11-26-20)14(2)36(32,33)12-18-27-28-21(16-7-9-30(3)29-16)31(18)19-17(34-4)6-8-24-22(19)35-5/h6-11,13-14H,12H2,1-5H3/t13-,14-/m0/s1. The molecule has 0 saturated heterocycles. The number of ether oxygens (including phenoxy) is 2. The molecule has 0 amide bonds. The largest absolute Gasteiger partial charge is 0.494 e. The maximum Gasteiger partial charge on any atom is 0.242 e. The molecule has 0 aromatic carbocycles. The van der Waals surface area contributed by atoms with Crippen molar-refractivity contribution >= 4 is 21.4 Å². The number of rotatable bonds is 9. The second kappa shape index (κ2) is 10.2. The third-order valence-electron chi connectivity index (χ3n) is 5.81. The first-order chi connectivity index (χ1) is 17.2. The van der Waals surface area contributed by atoms with E-state index in [0.29, 0.717) is 33.8 Å². The molecule has 4 aromatic heterocycles. The Balaban J connectivity index is 1.81. The summed E-state index contributed by atoms with van der Waals surface area (Å²) in [5.41, 5.74) is 0.845. The molecule has 190 valence electrons. The number of methoxy groups -OCH3 is 2. The van der Waals surface area contributed by atoms with Crippen LogP contribution in [0.2, 0.25) is 5.02 Å². The van der Waals surface area contributed by atoms with Crippen LogP contribution in [0, 0.1) is 0 Å². The SMILES string of the molecule is COc1ccnc(OC)c1-n1c(CS(=O)(=O)[C@@H](C)[C@H](C)c2ncc(Cl)cn2)nnc1-c1ccn(C)n1. The van der Waals surface area contributed by atoms with Crippen molar-refractivity contribution in [3.63, 3.8) is 0 Å². The smallest absolute Gasteiger partial charge is 0.242 e. The normalized spacial score (nSPS) is 13.4. The highest BCUT2D eigenvalue weighted by molar-refractivity contribution is 7.91. The number of aryl methyl sites for hydroxylation is 1. The molecule has 4 heterocycles. The first-order valence-electron chi connectivity index (χ1n) is 10.9. The first kappa shape index (κ1) is 25.5. The van der Waals surface area contributed by atoms with Gasteiger partial charge in [-0.2, -0.15) is 5.10 Å². The van der Waals surface area contributed by atoms with Gasteiger partial charge in [-0.25, -0.2) is 23.4 Å². The lowest BCUT2D eigenvalue weighted by atomic mass is 10.1. The Bertz CT molecular complexity index is 1450. The minimum Gasteiger partial charge on any atom is -0.494 e. The van der Waals surface area contributed by atoms with E-state index in [-0.39, 0.29) is 11.7 Å². The number of halogens is 1. The zero-order valence-corrected chi connectivity index (χ0v) is 21.9. The van der Waals surface area contributed by atoms with Crippen LogP contribution in [-0.4, -0.2) is 67.4 Å². The number of aromatic nitrogens is 8. The average Bonchev–Trinajstić information content (AvgIpc) is 3.48. The van der Waals surface area contributed by atoms with Crippen LogP contribution in [0.3, 0.4) is 0 Å². The summed E-state index contributed by atoms with van der Waals surface area (Å²) in [6.07, 6.45) is 6.16. The summed E-state index contributed by atoms with van der Waals surface area (Å²) in [7, 11) is 0.955. The van der Waals surface area contributed by atoms with Gasteiger partial charge in [-0.05, 0) is 13.0 Å². The van der Waals surface area contributed by atoms with Crippen LogP contribution in [0.5, 0.6) is 11.6 Å². The predicted molar refractivity (Wildman–Crippen MR) is 132 cm³/mol. The maximum atomic E-state index is 13.6. The highest BCUT2D eigenvalue weighted by Gasteiger charge is 2.33. The van der Waals surface area contributed by atoms with Gasteiger partial charge in [0.15, 0.2) is 27.2 Å². The Morgan fingerprint density at radius 1 is 1.06 bits per heavy atom. The van der Waals surface area contributed by atoms with Gasteiger partial charge >= 0.3 is 0 Å². The third-order valence-corrected chi connectivity index (χ3v) is 8.21. The van der Waals surface area contributed by atoms with Gasteiger partial charge in [-0.3, -0.25) is 9.25 Å². The Kier molecular flexibility index (Phi) is 7.22. The van der Waals surface area contributed by atoms with Gasteiger partial charge in [0.05, 0.1) is 24.5 Å². The molecule has 0 aliphatic heterocycles. The van der Waals surface area contributed by atoms with Crippen molar-refractivity contribution in [2.24, 2.45) is 7.05 Å². The molecule has 12 nitrogen and oxygen atoms in total. The Labute approximate surface area is 213 Å². The van der Waals surface area contributed by atoms with Gasteiger partial charge in [-0.1, -0.05) is 18.5 Å². The molecule has 0 aliphatic rings. The van der Waals surface area contributed by atoms with Gasteiger partial charge in [-0.15, -0.1) is 10.2 Å². The summed E-state index contributed by atoms with van der Waals surface area (Å²) < 4.78 is 41.3. The Hall–Kier alpha value is -3.58. The second-order valence-corrected chi connectivity index (χ2v) is 10.9. The molecule has 0 N–H and O–H groups in total. The van der Waals surface area contributed by atoms with E-state index in [1.54, 1.807) is 48.5 Å². The number of hydrogen-bond acceptors (Lipinski definition) is 10. The maximum absolute atomic E-state index is 13.6. The summed E-state index contributed by atoms with van der Waals surface area (Å²) in [5, 5.41) is 12.5. The third kappa shape index (κ3) is 4.88. The quantitative estimate of drug-likeness (QED) is 0.316. The fourth-order valence-electron chi connectivity index (χ4n) is 3.67. The van der Waals surface area contributed by atoms with Crippen LogP contribution in [0.4, 0.5) is 0 Å². The number of pyridine rings is 1. The molecule has 0 radical (unpaired) electrons. The van der Waals surface area contributed by atoms with E-state index >= 15 is 0 Å². The van der Waals surface area contributed by atoms with E-state index in [1.807, 2.05) is 0 Å². The second-order valence-electron chi connectivity index (χ2n) is 8.08. The molecule has 14 heteroatoms. The Morgan fingerprint density at radius 3 is 2.39 bits per heavy atom. The molecule has 0 fully saturated rings. The van der Waals surface area contributed by atoms with E-state index in [0.717, 1.165) is 0 Å². The lowest BCUT2D eigenvalue weighted by Gasteiger charge is -2.20. The van der Waals surface area contributed by atoms with Gasteiger partial charge in [0.25, 0.3) is 0 Å². The highest BCUT2D eigenvalue weighted by atomic mass is 35.5. The zero-order chi connectivity index (χ0) is 26.0. The van der Waals surface area contributed by atoms with E-state index in [4.69, 9.17) is 21.1 Å². The molecule has 4 aromatic rings. The molecule has 0 spiro atoms. The van der Waals surface area contributed by atoms with Crippen molar-refractivity contribution in [1.82, 2.24) is 39.5 Å². The van der Waals surface area contributed by atoms with E-state index in [1.165, 1.54) is 32.8 Å². The van der Waals surface area contributed by atoms with Gasteiger partial charge in [0, 0.05) is 43.8 Å². The molecule has 0 saturated carbocycles. The van der Waals surface area contributed by atoms with Crippen LogP contribution in [0.1, 0.15) is 31.4 Å². The predicted octanol–water partition coefficient (Wildman–Crippen LogP) is 2.63. The number of hydrogen-bond donors (Lipinski definition) is 0. The minimum atomic E-state index is -3.77. The first-order valence-corrected chi connectivity index (χ1v) is 13.0. The van der Waals surface area contributed by atoms with Crippen LogP contribution in [0.15, 0.2) is 36.9 Å². The van der Waals surface area contributed by atoms with E-state index < -0.39 is 26.8 Å². The van der Waals surface area contributed by atoms with Gasteiger partial charge < -0.3 is 9.47 Å². The van der Waals surface area contributed by atoms with Gasteiger partial charge in [0.1, 0.15) is 23.0 Å². The molecular formula is C22H25ClN8O4S. The van der Waals surface area contributed by atoms with Crippen molar-refractivity contribution in [3.8, 4) is 28.8 Å². The molecule has 0 unspecified atom stereocenters. The van der Waals surface area contributed by atoms with Crippen molar-refractivity contribution < 1.29 is 17.9 Å². The fraction of sp³-hybridized carbons (Fsp3) is 0.364. The summed E-state index contributed by atoms with van der Waals surface area (Å²) >= 11 is 5.88. The molecule has 0 aliphatic carbocycles. The lowest BCUT2D eigenvalue weighted by molar-refractivity contribution is 0.379. The molecule has 36 heavy (non-hydrogen) atoms. The lowest BCUT2D eigenvalue weighted by Crippen LogP contribution is -2.27. The number of sulfone groups is 1. The van der Waals surface area contributed by atoms with E-state index in [2.05, 4.69) is 30.2 Å². The summed E-state index contributed by atoms with van der Waals surface area (Å²) in [6.45, 7) is 3.37. The molecule has 0 bridgehead atoms. The van der Waals surface area contributed by atoms with Crippen LogP contribution >= 0.6 is 11.6 Å². The summed E-state index contributed by atoms with van der Waals surface area (Å²) in [5.74, 6) is 0.522. The molecule has 2 atom stereocenters. The van der Waals surface area contributed by atoms with Crippen molar-refractivity contribution in [2.45, 2.75) is 30.8 Å². The Morgan fingerprint density at radius 2 is 1.78 bits per heavy atom. The van der Waals surface area contributed by atoms with Crippen LogP contribution in [0.25, 0.3) is 17.2 Å². The monoisotopic (exact) mass is 532 g/mol. The minimum absolute atomic E-state index is 0.149. The van der Waals surface area contributed by atoms with Crippen molar-refractivity contribution in [2.75, 3.05) is 14.2 Å². The van der Waals surface area contributed by atoms with Crippen molar-refractivity contribution in [1.29, 1.82) is 0 Å². The van der Waals surface area contributed by atoms with Crippen LogP contribution in [-0.2, 0) is 22.6 Å².